The summed E-state index contributed by atoms with van der Waals surface area (Å²) in [5.41, 5.74) is 2.31. The normalized spacial score (nSPS) is 10.8. The van der Waals surface area contributed by atoms with E-state index in [1.807, 2.05) is 13.1 Å². The molecule has 1 aromatic heterocycles. The van der Waals surface area contributed by atoms with Gasteiger partial charge >= 0.3 is 0 Å². The summed E-state index contributed by atoms with van der Waals surface area (Å²) < 4.78 is 0. The van der Waals surface area contributed by atoms with Crippen molar-refractivity contribution in [3.8, 4) is 11.3 Å². The maximum Gasteiger partial charge on any atom is 0.183 e. The van der Waals surface area contributed by atoms with Gasteiger partial charge in [-0.2, -0.15) is 0 Å². The Kier molecular flexibility index (Phi) is 3.25. The maximum absolute atomic E-state index is 4.63. The van der Waals surface area contributed by atoms with Crippen LogP contribution in [0.15, 0.2) is 30.3 Å². The molecule has 3 heteroatoms. The van der Waals surface area contributed by atoms with Crippen LogP contribution in [0.4, 0.5) is 5.13 Å². The number of aromatic nitrogens is 1. The first-order valence-corrected chi connectivity index (χ1v) is 6.28. The van der Waals surface area contributed by atoms with Gasteiger partial charge in [-0.1, -0.05) is 44.2 Å². The van der Waals surface area contributed by atoms with E-state index in [2.05, 4.69) is 48.4 Å². The fourth-order valence-electron chi connectivity index (χ4n) is 1.63. The van der Waals surface area contributed by atoms with E-state index in [1.54, 1.807) is 11.3 Å². The molecule has 2 rings (SSSR count). The van der Waals surface area contributed by atoms with Crippen molar-refractivity contribution in [3.63, 3.8) is 0 Å². The standard InChI is InChI=1S/C13H16N2S/c1-9(2)12-11(15-13(14-3)16-12)10-7-5-4-6-8-10/h4-9H,1-3H3,(H,14,15). The molecule has 0 saturated heterocycles. The minimum atomic E-state index is 0.509. The molecule has 1 heterocycles. The van der Waals surface area contributed by atoms with Crippen LogP contribution in [-0.4, -0.2) is 12.0 Å². The first-order chi connectivity index (χ1) is 7.72. The van der Waals surface area contributed by atoms with Crippen molar-refractivity contribution < 1.29 is 0 Å². The largest absolute Gasteiger partial charge is 0.365 e. The van der Waals surface area contributed by atoms with E-state index in [-0.39, 0.29) is 0 Å². The Balaban J connectivity index is 2.51. The lowest BCUT2D eigenvalue weighted by molar-refractivity contribution is 0.888. The molecule has 1 N–H and O–H groups in total. The first kappa shape index (κ1) is 11.1. The van der Waals surface area contributed by atoms with E-state index in [4.69, 9.17) is 0 Å². The van der Waals surface area contributed by atoms with Crippen LogP contribution in [0.5, 0.6) is 0 Å². The highest BCUT2D eigenvalue weighted by atomic mass is 32.1. The van der Waals surface area contributed by atoms with Crippen LogP contribution in [0.25, 0.3) is 11.3 Å². The van der Waals surface area contributed by atoms with Gasteiger partial charge in [0.1, 0.15) is 0 Å². The van der Waals surface area contributed by atoms with Crippen LogP contribution in [0.1, 0.15) is 24.6 Å². The molecule has 0 atom stereocenters. The molecule has 0 bridgehead atoms. The van der Waals surface area contributed by atoms with Crippen LogP contribution in [0, 0.1) is 0 Å². The molecular formula is C13H16N2S. The topological polar surface area (TPSA) is 24.9 Å². The fraction of sp³-hybridized carbons (Fsp3) is 0.308. The van der Waals surface area contributed by atoms with E-state index in [9.17, 15) is 0 Å². The monoisotopic (exact) mass is 232 g/mol. The molecule has 0 unspecified atom stereocenters. The molecule has 0 amide bonds. The average molecular weight is 232 g/mol. The van der Waals surface area contributed by atoms with E-state index >= 15 is 0 Å². The minimum Gasteiger partial charge on any atom is -0.365 e. The summed E-state index contributed by atoms with van der Waals surface area (Å²) in [6, 6.07) is 10.4. The van der Waals surface area contributed by atoms with Crippen LogP contribution in [0.3, 0.4) is 0 Å². The van der Waals surface area contributed by atoms with E-state index in [0.717, 1.165) is 10.8 Å². The number of benzene rings is 1. The van der Waals surface area contributed by atoms with Gasteiger partial charge < -0.3 is 5.32 Å². The zero-order valence-electron chi connectivity index (χ0n) is 9.82. The number of hydrogen-bond acceptors (Lipinski definition) is 3. The van der Waals surface area contributed by atoms with Crippen molar-refractivity contribution in [2.45, 2.75) is 19.8 Å². The molecule has 2 nitrogen and oxygen atoms in total. The summed E-state index contributed by atoms with van der Waals surface area (Å²) in [5.74, 6) is 0.509. The van der Waals surface area contributed by atoms with Crippen LogP contribution < -0.4 is 5.32 Å². The van der Waals surface area contributed by atoms with Gasteiger partial charge in [-0.05, 0) is 5.92 Å². The Hall–Kier alpha value is -1.35. The Morgan fingerprint density at radius 2 is 1.88 bits per heavy atom. The van der Waals surface area contributed by atoms with Crippen molar-refractivity contribution in [1.29, 1.82) is 0 Å². The van der Waals surface area contributed by atoms with Crippen LogP contribution in [0.2, 0.25) is 0 Å². The number of rotatable bonds is 3. The van der Waals surface area contributed by atoms with Crippen LogP contribution >= 0.6 is 11.3 Å². The predicted molar refractivity (Wildman–Crippen MR) is 71.2 cm³/mol. The van der Waals surface area contributed by atoms with Crippen LogP contribution in [-0.2, 0) is 0 Å². The fourth-order valence-corrected chi connectivity index (χ4v) is 2.58. The lowest BCUT2D eigenvalue weighted by Crippen LogP contribution is -1.88. The van der Waals surface area contributed by atoms with Gasteiger partial charge in [0, 0.05) is 17.5 Å². The van der Waals surface area contributed by atoms with Gasteiger partial charge in [0.2, 0.25) is 0 Å². The smallest absolute Gasteiger partial charge is 0.183 e. The summed E-state index contributed by atoms with van der Waals surface area (Å²) in [5, 5.41) is 4.11. The van der Waals surface area contributed by atoms with E-state index < -0.39 is 0 Å². The van der Waals surface area contributed by atoms with Crippen molar-refractivity contribution in [2.75, 3.05) is 12.4 Å². The number of thiazole rings is 1. The Morgan fingerprint density at radius 3 is 2.44 bits per heavy atom. The van der Waals surface area contributed by atoms with Crippen molar-refractivity contribution in [1.82, 2.24) is 4.98 Å². The van der Waals surface area contributed by atoms with Crippen molar-refractivity contribution >= 4 is 16.5 Å². The molecule has 0 fully saturated rings. The number of nitrogens with zero attached hydrogens (tertiary/aromatic N) is 1. The second kappa shape index (κ2) is 4.66. The number of anilines is 1. The third-order valence-corrected chi connectivity index (χ3v) is 3.81. The quantitative estimate of drug-likeness (QED) is 0.866. The third kappa shape index (κ3) is 2.09. The number of nitrogens with one attached hydrogen (secondary N) is 1. The minimum absolute atomic E-state index is 0.509. The Labute approximate surface area is 100 Å². The highest BCUT2D eigenvalue weighted by Gasteiger charge is 2.14. The number of hydrogen-bond donors (Lipinski definition) is 1. The molecule has 0 aliphatic heterocycles. The predicted octanol–water partition coefficient (Wildman–Crippen LogP) is 3.98. The molecule has 84 valence electrons. The van der Waals surface area contributed by atoms with Gasteiger partial charge in [-0.3, -0.25) is 0 Å². The van der Waals surface area contributed by atoms with Gasteiger partial charge in [-0.15, -0.1) is 11.3 Å². The SMILES string of the molecule is CNc1nc(-c2ccccc2)c(C(C)C)s1. The molecule has 0 spiro atoms. The molecule has 0 aliphatic carbocycles. The molecule has 0 aliphatic rings. The van der Waals surface area contributed by atoms with Gasteiger partial charge in [-0.25, -0.2) is 4.98 Å². The lowest BCUT2D eigenvalue weighted by Gasteiger charge is -2.04. The van der Waals surface area contributed by atoms with E-state index in [0.29, 0.717) is 5.92 Å². The van der Waals surface area contributed by atoms with E-state index in [1.165, 1.54) is 10.4 Å². The van der Waals surface area contributed by atoms with Gasteiger partial charge in [0.15, 0.2) is 5.13 Å². The summed E-state index contributed by atoms with van der Waals surface area (Å²) in [6.45, 7) is 4.42. The van der Waals surface area contributed by atoms with Gasteiger partial charge in [0.25, 0.3) is 0 Å². The second-order valence-corrected chi connectivity index (χ2v) is 5.03. The zero-order chi connectivity index (χ0) is 11.5. The summed E-state index contributed by atoms with van der Waals surface area (Å²) in [6.07, 6.45) is 0. The molecule has 1 aromatic carbocycles. The van der Waals surface area contributed by atoms with Crippen molar-refractivity contribution in [2.24, 2.45) is 0 Å². The maximum atomic E-state index is 4.63. The first-order valence-electron chi connectivity index (χ1n) is 5.46. The summed E-state index contributed by atoms with van der Waals surface area (Å²) in [7, 11) is 1.91. The Morgan fingerprint density at radius 1 is 1.19 bits per heavy atom. The van der Waals surface area contributed by atoms with Gasteiger partial charge in [0.05, 0.1) is 5.69 Å². The zero-order valence-corrected chi connectivity index (χ0v) is 10.6. The highest BCUT2D eigenvalue weighted by Crippen LogP contribution is 2.35. The second-order valence-electron chi connectivity index (χ2n) is 4.00. The summed E-state index contributed by atoms with van der Waals surface area (Å²) >= 11 is 1.74. The van der Waals surface area contributed by atoms with Crippen molar-refractivity contribution in [3.05, 3.63) is 35.2 Å². The molecule has 0 radical (unpaired) electrons. The molecular weight excluding hydrogens is 216 g/mol. The Bertz CT molecular complexity index is 460. The summed E-state index contributed by atoms with van der Waals surface area (Å²) in [4.78, 5) is 5.97. The average Bonchev–Trinajstić information content (AvgIpc) is 2.74. The highest BCUT2D eigenvalue weighted by molar-refractivity contribution is 7.16. The molecule has 2 aromatic rings. The molecule has 16 heavy (non-hydrogen) atoms. The molecule has 0 saturated carbocycles. The third-order valence-electron chi connectivity index (χ3n) is 2.44. The lowest BCUT2D eigenvalue weighted by atomic mass is 10.1.